The third-order valence-corrected chi connectivity index (χ3v) is 3.39. The van der Waals surface area contributed by atoms with Crippen LogP contribution in [0.4, 0.5) is 0 Å². The van der Waals surface area contributed by atoms with Crippen LogP contribution >= 0.6 is 11.6 Å². The number of nitrogens with two attached hydrogens (primary N) is 1. The van der Waals surface area contributed by atoms with Gasteiger partial charge in [-0.3, -0.25) is 0 Å². The molecule has 0 aliphatic heterocycles. The Morgan fingerprint density at radius 1 is 1.05 bits per heavy atom. The van der Waals surface area contributed by atoms with Crippen molar-refractivity contribution in [3.63, 3.8) is 0 Å². The molecule has 0 fully saturated rings. The molecule has 0 heterocycles. The zero-order valence-electron chi connectivity index (χ0n) is 11.4. The second-order valence-corrected chi connectivity index (χ2v) is 4.77. The first-order valence-electron chi connectivity index (χ1n) is 6.48. The van der Waals surface area contributed by atoms with E-state index < -0.39 is 0 Å². The summed E-state index contributed by atoms with van der Waals surface area (Å²) >= 11 is 6.13. The Hall–Kier alpha value is -1.71. The van der Waals surface area contributed by atoms with Crippen LogP contribution < -0.4 is 15.2 Å². The number of hydrogen-bond donors (Lipinski definition) is 1. The predicted molar refractivity (Wildman–Crippen MR) is 81.5 cm³/mol. The highest BCUT2D eigenvalue weighted by atomic mass is 35.5. The highest BCUT2D eigenvalue weighted by Crippen LogP contribution is 2.32. The maximum atomic E-state index is 6.13. The molecule has 20 heavy (non-hydrogen) atoms. The molecule has 0 atom stereocenters. The quantitative estimate of drug-likeness (QED) is 0.887. The van der Waals surface area contributed by atoms with E-state index in [1.165, 1.54) is 0 Å². The van der Waals surface area contributed by atoms with Gasteiger partial charge >= 0.3 is 0 Å². The van der Waals surface area contributed by atoms with Gasteiger partial charge in [-0.15, -0.1) is 0 Å². The fourth-order valence-corrected chi connectivity index (χ4v) is 2.19. The Morgan fingerprint density at radius 2 is 1.80 bits per heavy atom. The fourth-order valence-electron chi connectivity index (χ4n) is 2.00. The summed E-state index contributed by atoms with van der Waals surface area (Å²) < 4.78 is 11.3. The average molecular weight is 292 g/mol. The number of benzene rings is 2. The molecular weight excluding hydrogens is 274 g/mol. The van der Waals surface area contributed by atoms with E-state index in [2.05, 4.69) is 0 Å². The minimum absolute atomic E-state index is 0.400. The van der Waals surface area contributed by atoms with Crippen molar-refractivity contribution in [3.05, 3.63) is 58.6 Å². The molecule has 3 nitrogen and oxygen atoms in total. The molecule has 106 valence electrons. The number of hydrogen-bond acceptors (Lipinski definition) is 3. The first-order chi connectivity index (χ1) is 9.76. The van der Waals surface area contributed by atoms with Crippen LogP contribution in [0.2, 0.25) is 5.02 Å². The summed E-state index contributed by atoms with van der Waals surface area (Å²) in [5.74, 6) is 1.45. The molecule has 2 aromatic rings. The van der Waals surface area contributed by atoms with E-state index in [1.54, 1.807) is 7.11 Å². The Labute approximate surface area is 124 Å². The Balaban J connectivity index is 2.21. The largest absolute Gasteiger partial charge is 0.493 e. The van der Waals surface area contributed by atoms with Crippen molar-refractivity contribution in [2.24, 2.45) is 5.73 Å². The van der Waals surface area contributed by atoms with Crippen LogP contribution in [0.3, 0.4) is 0 Å². The number of halogens is 1. The van der Waals surface area contributed by atoms with E-state index in [4.69, 9.17) is 26.8 Å². The normalized spacial score (nSPS) is 10.3. The van der Waals surface area contributed by atoms with Gasteiger partial charge in [-0.05, 0) is 30.7 Å². The maximum absolute atomic E-state index is 6.13. The van der Waals surface area contributed by atoms with E-state index in [-0.39, 0.29) is 0 Å². The summed E-state index contributed by atoms with van der Waals surface area (Å²) in [6, 6.07) is 13.4. The minimum atomic E-state index is 0.400. The molecule has 4 heteroatoms. The Morgan fingerprint density at radius 3 is 2.50 bits per heavy atom. The fraction of sp³-hybridized carbons (Fsp3) is 0.250. The minimum Gasteiger partial charge on any atom is -0.493 e. The lowest BCUT2D eigenvalue weighted by atomic mass is 10.1. The molecule has 2 rings (SSSR count). The van der Waals surface area contributed by atoms with Crippen LogP contribution in [0.1, 0.15) is 11.1 Å². The molecule has 0 aromatic heterocycles. The standard InChI is InChI=1S/C16H18ClNO2/c1-19-15-8-4-6-12(9-10-18)16(15)20-11-13-5-2-3-7-14(13)17/h2-8H,9-11,18H2,1H3. The number of ether oxygens (including phenoxy) is 2. The van der Waals surface area contributed by atoms with Crippen molar-refractivity contribution in [2.75, 3.05) is 13.7 Å². The van der Waals surface area contributed by atoms with Crippen molar-refractivity contribution in [1.29, 1.82) is 0 Å². The third-order valence-electron chi connectivity index (χ3n) is 3.02. The molecule has 0 bridgehead atoms. The van der Waals surface area contributed by atoms with E-state index >= 15 is 0 Å². The maximum Gasteiger partial charge on any atom is 0.164 e. The zero-order chi connectivity index (χ0) is 14.4. The summed E-state index contributed by atoms with van der Waals surface area (Å²) in [6.45, 7) is 0.966. The van der Waals surface area contributed by atoms with Gasteiger partial charge in [-0.25, -0.2) is 0 Å². The second kappa shape index (κ2) is 7.17. The second-order valence-electron chi connectivity index (χ2n) is 4.37. The van der Waals surface area contributed by atoms with Gasteiger partial charge in [0.2, 0.25) is 0 Å². The molecule has 0 unspecified atom stereocenters. The SMILES string of the molecule is COc1cccc(CCN)c1OCc1ccccc1Cl. The molecule has 0 aliphatic carbocycles. The Bertz CT molecular complexity index is 572. The number of rotatable bonds is 6. The molecule has 0 aliphatic rings. The first kappa shape index (κ1) is 14.7. The highest BCUT2D eigenvalue weighted by Gasteiger charge is 2.11. The van der Waals surface area contributed by atoms with Crippen LogP contribution in [0, 0.1) is 0 Å². The monoisotopic (exact) mass is 291 g/mol. The zero-order valence-corrected chi connectivity index (χ0v) is 12.2. The van der Waals surface area contributed by atoms with Crippen molar-refractivity contribution in [2.45, 2.75) is 13.0 Å². The lowest BCUT2D eigenvalue weighted by Gasteiger charge is -2.15. The summed E-state index contributed by atoms with van der Waals surface area (Å²) in [7, 11) is 1.63. The van der Waals surface area contributed by atoms with Gasteiger partial charge < -0.3 is 15.2 Å². The predicted octanol–water partition coefficient (Wildman–Crippen LogP) is 3.43. The van der Waals surface area contributed by atoms with Crippen molar-refractivity contribution >= 4 is 11.6 Å². The molecule has 0 saturated heterocycles. The number of methoxy groups -OCH3 is 1. The summed E-state index contributed by atoms with van der Waals surface area (Å²) in [5, 5.41) is 0.697. The van der Waals surface area contributed by atoms with Crippen molar-refractivity contribution < 1.29 is 9.47 Å². The topological polar surface area (TPSA) is 44.5 Å². The van der Waals surface area contributed by atoms with Gasteiger partial charge in [0.15, 0.2) is 11.5 Å². The van der Waals surface area contributed by atoms with Gasteiger partial charge in [-0.2, -0.15) is 0 Å². The van der Waals surface area contributed by atoms with Crippen molar-refractivity contribution in [1.82, 2.24) is 0 Å². The Kier molecular flexibility index (Phi) is 5.27. The summed E-state index contributed by atoms with van der Waals surface area (Å²) in [6.07, 6.45) is 0.745. The molecule has 0 spiro atoms. The van der Waals surface area contributed by atoms with Crippen LogP contribution in [0.15, 0.2) is 42.5 Å². The molecule has 0 amide bonds. The van der Waals surface area contributed by atoms with E-state index in [0.29, 0.717) is 23.9 Å². The molecule has 2 aromatic carbocycles. The first-order valence-corrected chi connectivity index (χ1v) is 6.86. The van der Waals surface area contributed by atoms with Crippen LogP contribution in [-0.4, -0.2) is 13.7 Å². The summed E-state index contributed by atoms with van der Waals surface area (Å²) in [4.78, 5) is 0. The van der Waals surface area contributed by atoms with Gasteiger partial charge in [0.05, 0.1) is 7.11 Å². The lowest BCUT2D eigenvalue weighted by Crippen LogP contribution is -2.06. The highest BCUT2D eigenvalue weighted by molar-refractivity contribution is 6.31. The van der Waals surface area contributed by atoms with E-state index in [0.717, 1.165) is 23.3 Å². The van der Waals surface area contributed by atoms with Gasteiger partial charge in [-0.1, -0.05) is 41.9 Å². The molecular formula is C16H18ClNO2. The van der Waals surface area contributed by atoms with Gasteiger partial charge in [0.1, 0.15) is 6.61 Å². The van der Waals surface area contributed by atoms with Crippen LogP contribution in [-0.2, 0) is 13.0 Å². The van der Waals surface area contributed by atoms with Gasteiger partial charge in [0.25, 0.3) is 0 Å². The van der Waals surface area contributed by atoms with Crippen LogP contribution in [0.5, 0.6) is 11.5 Å². The molecule has 0 radical (unpaired) electrons. The van der Waals surface area contributed by atoms with E-state index in [1.807, 2.05) is 42.5 Å². The average Bonchev–Trinajstić information content (AvgIpc) is 2.47. The smallest absolute Gasteiger partial charge is 0.164 e. The number of para-hydroxylation sites is 1. The summed E-state index contributed by atoms with van der Waals surface area (Å²) in [5.41, 5.74) is 7.62. The van der Waals surface area contributed by atoms with E-state index in [9.17, 15) is 0 Å². The van der Waals surface area contributed by atoms with Crippen LogP contribution in [0.25, 0.3) is 0 Å². The van der Waals surface area contributed by atoms with Crippen molar-refractivity contribution in [3.8, 4) is 11.5 Å². The molecule has 0 saturated carbocycles. The lowest BCUT2D eigenvalue weighted by molar-refractivity contribution is 0.281. The van der Waals surface area contributed by atoms with Gasteiger partial charge in [0, 0.05) is 10.6 Å². The molecule has 2 N–H and O–H groups in total. The third kappa shape index (κ3) is 3.44.